The monoisotopic (exact) mass is 478 g/mol. The van der Waals surface area contributed by atoms with E-state index in [0.717, 1.165) is 0 Å². The molecule has 0 fully saturated rings. The highest BCUT2D eigenvalue weighted by Gasteiger charge is 2.35. The third-order valence-electron chi connectivity index (χ3n) is 3.48. The molecule has 0 aliphatic heterocycles. The lowest BCUT2D eigenvalue weighted by molar-refractivity contribution is -0.109. The van der Waals surface area contributed by atoms with Crippen LogP contribution in [0.4, 0.5) is 0 Å². The molecule has 158 valence electrons. The molecule has 10 heteroatoms. The predicted octanol–water partition coefficient (Wildman–Crippen LogP) is 5.03. The van der Waals surface area contributed by atoms with Crippen molar-refractivity contribution in [1.29, 1.82) is 0 Å². The first-order valence-electron chi connectivity index (χ1n) is 9.83. The van der Waals surface area contributed by atoms with Crippen LogP contribution < -0.4 is 0 Å². The third kappa shape index (κ3) is 11.6. The molecular weight excluding hydrogens is 441 g/mol. The molecule has 0 spiro atoms. The van der Waals surface area contributed by atoms with Crippen LogP contribution in [0.15, 0.2) is 0 Å². The van der Waals surface area contributed by atoms with E-state index < -0.39 is 28.5 Å². The molecule has 0 saturated heterocycles. The van der Waals surface area contributed by atoms with Crippen LogP contribution in [0.3, 0.4) is 0 Å². The molecule has 0 unspecified atom stereocenters. The first kappa shape index (κ1) is 27.7. The van der Waals surface area contributed by atoms with E-state index in [2.05, 4.69) is 13.8 Å². The second kappa shape index (κ2) is 17.5. The van der Waals surface area contributed by atoms with Gasteiger partial charge in [-0.2, -0.15) is 0 Å². The van der Waals surface area contributed by atoms with Gasteiger partial charge in [0.15, 0.2) is 0 Å². The first-order chi connectivity index (χ1) is 12.6. The number of ether oxygens (including phenoxy) is 4. The number of rotatable bonds is 19. The Bertz CT molecular complexity index is 289. The quantitative estimate of drug-likeness (QED) is 0.111. The minimum Gasteiger partial charge on any atom is -0.345 e. The van der Waals surface area contributed by atoms with Crippen molar-refractivity contribution in [3.63, 3.8) is 0 Å². The van der Waals surface area contributed by atoms with E-state index in [1.807, 2.05) is 27.7 Å². The number of hydrogen-bond donors (Lipinski definition) is 0. The fourth-order valence-corrected chi connectivity index (χ4v) is 17.1. The zero-order valence-electron chi connectivity index (χ0n) is 17.3. The molecule has 0 aliphatic rings. The second-order valence-electron chi connectivity index (χ2n) is 5.61. The second-order valence-corrected chi connectivity index (χ2v) is 17.0. The summed E-state index contributed by atoms with van der Waals surface area (Å²) < 4.78 is 23.4. The minimum atomic E-state index is -0.477. The van der Waals surface area contributed by atoms with Gasteiger partial charge in [-0.3, -0.25) is 0 Å². The van der Waals surface area contributed by atoms with Gasteiger partial charge < -0.3 is 18.9 Å². The van der Waals surface area contributed by atoms with Gasteiger partial charge in [0, 0.05) is 26.4 Å². The lowest BCUT2D eigenvalue weighted by Crippen LogP contribution is -2.39. The lowest BCUT2D eigenvalue weighted by Gasteiger charge is -2.33. The summed E-state index contributed by atoms with van der Waals surface area (Å²) in [5.41, 5.74) is 0. The summed E-state index contributed by atoms with van der Waals surface area (Å²) >= 11 is 0. The predicted molar refractivity (Wildman–Crippen MR) is 130 cm³/mol. The van der Waals surface area contributed by atoms with Crippen LogP contribution in [0.2, 0.25) is 12.1 Å². The van der Waals surface area contributed by atoms with Crippen molar-refractivity contribution in [2.75, 3.05) is 26.4 Å². The van der Waals surface area contributed by atoms with Crippen molar-refractivity contribution >= 4 is 60.3 Å². The van der Waals surface area contributed by atoms with Crippen molar-refractivity contribution in [1.82, 2.24) is 0 Å². The van der Waals surface area contributed by atoms with E-state index in [0.29, 0.717) is 26.4 Å². The zero-order valence-corrected chi connectivity index (χ0v) is 23.4. The highest BCUT2D eigenvalue weighted by Crippen LogP contribution is 2.53. The van der Waals surface area contributed by atoms with Gasteiger partial charge in [0.2, 0.25) is 9.48 Å². The molecule has 0 atom stereocenters. The van der Waals surface area contributed by atoms with Gasteiger partial charge in [0.25, 0.3) is 0 Å². The van der Waals surface area contributed by atoms with Gasteiger partial charge >= 0.3 is 0 Å². The first-order valence-corrected chi connectivity index (χ1v) is 18.1. The molecule has 0 aromatic rings. The molecular formula is C16H38O4S4Si2. The van der Waals surface area contributed by atoms with Crippen LogP contribution in [-0.4, -0.2) is 55.0 Å². The van der Waals surface area contributed by atoms with Crippen LogP contribution in [0.25, 0.3) is 0 Å². The molecule has 0 rings (SSSR count). The minimum absolute atomic E-state index is 0.418. The summed E-state index contributed by atoms with van der Waals surface area (Å²) in [4.78, 5) is 0. The maximum absolute atomic E-state index is 6.07. The molecule has 4 nitrogen and oxygen atoms in total. The van der Waals surface area contributed by atoms with E-state index in [1.165, 1.54) is 24.9 Å². The average molecular weight is 479 g/mol. The smallest absolute Gasteiger partial charge is 0.200 e. The molecule has 0 aromatic heterocycles. The van der Waals surface area contributed by atoms with Crippen LogP contribution >= 0.6 is 41.2 Å². The molecule has 0 bridgehead atoms. The molecule has 0 aromatic carbocycles. The van der Waals surface area contributed by atoms with Gasteiger partial charge in [0.05, 0.1) is 0 Å². The normalized spacial score (nSPS) is 13.6. The molecule has 0 heterocycles. The van der Waals surface area contributed by atoms with Crippen molar-refractivity contribution in [2.45, 2.75) is 76.0 Å². The molecule has 0 amide bonds. The standard InChI is InChI=1S/C16H38O4S4Si2/c1-7-13-25-15(17-9-3,18-10-4)21-23-24-22-16(19-11-5,20-12-6)26-14-8-2/h7-14,25-26H2,1-6H3. The van der Waals surface area contributed by atoms with Gasteiger partial charge in [-0.1, -0.05) is 38.8 Å². The van der Waals surface area contributed by atoms with Crippen LogP contribution in [0.5, 0.6) is 0 Å². The zero-order chi connectivity index (χ0) is 19.7. The number of hydrogen-bond acceptors (Lipinski definition) is 8. The van der Waals surface area contributed by atoms with Gasteiger partial charge in [0.1, 0.15) is 19.0 Å². The molecule has 0 saturated carbocycles. The van der Waals surface area contributed by atoms with E-state index in [4.69, 9.17) is 18.9 Å². The molecule has 0 aliphatic carbocycles. The van der Waals surface area contributed by atoms with Crippen LogP contribution in [0, 0.1) is 0 Å². The molecule has 0 N–H and O–H groups in total. The topological polar surface area (TPSA) is 36.9 Å². The van der Waals surface area contributed by atoms with E-state index in [9.17, 15) is 0 Å². The molecule has 0 radical (unpaired) electrons. The van der Waals surface area contributed by atoms with E-state index >= 15 is 0 Å². The van der Waals surface area contributed by atoms with Gasteiger partial charge in [-0.15, -0.1) is 0 Å². The molecule has 26 heavy (non-hydrogen) atoms. The Morgan fingerprint density at radius 2 is 0.885 bits per heavy atom. The fourth-order valence-electron chi connectivity index (χ4n) is 2.35. The fraction of sp³-hybridized carbons (Fsp3) is 1.00. The van der Waals surface area contributed by atoms with E-state index in [1.54, 1.807) is 41.2 Å². The van der Waals surface area contributed by atoms with Crippen LogP contribution in [-0.2, 0) is 18.9 Å². The van der Waals surface area contributed by atoms with Gasteiger partial charge in [-0.05, 0) is 68.9 Å². The Kier molecular flexibility index (Phi) is 18.7. The summed E-state index contributed by atoms with van der Waals surface area (Å²) in [5, 5.41) is 0. The summed E-state index contributed by atoms with van der Waals surface area (Å²) in [6.45, 7) is 15.4. The van der Waals surface area contributed by atoms with Crippen LogP contribution in [0.1, 0.15) is 54.4 Å². The van der Waals surface area contributed by atoms with Crippen molar-refractivity contribution in [3.8, 4) is 0 Å². The third-order valence-corrected chi connectivity index (χ3v) is 17.5. The Labute approximate surface area is 181 Å². The summed E-state index contributed by atoms with van der Waals surface area (Å²) in [6, 6.07) is 2.47. The maximum Gasteiger partial charge on any atom is 0.200 e. The largest absolute Gasteiger partial charge is 0.345 e. The Balaban J connectivity index is 4.75. The van der Waals surface area contributed by atoms with Crippen molar-refractivity contribution in [3.05, 3.63) is 0 Å². The summed E-state index contributed by atoms with van der Waals surface area (Å²) in [5.74, 6) is 0. The SMILES string of the molecule is CCC[SiH2]C(OCC)(OCC)SSSSC(OCC)(OCC)[SiH2]CCC. The highest BCUT2D eigenvalue weighted by atomic mass is 33.7. The Hall–Kier alpha value is 1.67. The van der Waals surface area contributed by atoms with Crippen molar-refractivity contribution in [2.24, 2.45) is 0 Å². The summed E-state index contributed by atoms with van der Waals surface area (Å²) in [6.07, 6.45) is 2.39. The maximum atomic E-state index is 6.07. The Morgan fingerprint density at radius 3 is 1.12 bits per heavy atom. The van der Waals surface area contributed by atoms with E-state index in [-0.39, 0.29) is 0 Å². The summed E-state index contributed by atoms with van der Waals surface area (Å²) in [7, 11) is 6.02. The highest BCUT2D eigenvalue weighted by molar-refractivity contribution is 9.26. The lowest BCUT2D eigenvalue weighted by atomic mass is 10.6. The Morgan fingerprint density at radius 1 is 0.577 bits per heavy atom. The average Bonchev–Trinajstić information content (AvgIpc) is 2.63. The van der Waals surface area contributed by atoms with Gasteiger partial charge in [-0.25, -0.2) is 0 Å². The van der Waals surface area contributed by atoms with Crippen molar-refractivity contribution < 1.29 is 18.9 Å².